The van der Waals surface area contributed by atoms with E-state index in [9.17, 15) is 27.6 Å². The van der Waals surface area contributed by atoms with E-state index in [1.54, 1.807) is 4.90 Å². The third kappa shape index (κ3) is 4.40. The van der Waals surface area contributed by atoms with Gasteiger partial charge in [0.2, 0.25) is 11.8 Å². The van der Waals surface area contributed by atoms with Crippen LogP contribution in [-0.4, -0.2) is 64.9 Å². The Balaban J connectivity index is 1.35. The first-order valence-electron chi connectivity index (χ1n) is 10.4. The highest BCUT2D eigenvalue weighted by Gasteiger charge is 2.38. The number of amides is 2. The van der Waals surface area contributed by atoms with Gasteiger partial charge in [-0.25, -0.2) is 0 Å². The summed E-state index contributed by atoms with van der Waals surface area (Å²) in [6.07, 6.45) is -2.89. The lowest BCUT2D eigenvalue weighted by Gasteiger charge is -2.37. The summed E-state index contributed by atoms with van der Waals surface area (Å²) in [5.41, 5.74) is -1.66. The van der Waals surface area contributed by atoms with Crippen molar-refractivity contribution in [3.05, 3.63) is 64.6 Å². The average Bonchev–Trinajstić information content (AvgIpc) is 3.16. The first kappa shape index (κ1) is 22.1. The first-order valence-corrected chi connectivity index (χ1v) is 10.4. The fraction of sp³-hybridized carbons (Fsp3) is 0.409. The molecular formula is C22H23F3N4O3. The molecule has 2 aliphatic heterocycles. The molecule has 0 bridgehead atoms. The van der Waals surface area contributed by atoms with Gasteiger partial charge in [0.25, 0.3) is 5.56 Å². The largest absolute Gasteiger partial charge is 0.421 e. The van der Waals surface area contributed by atoms with Crippen molar-refractivity contribution in [2.45, 2.75) is 25.2 Å². The molecule has 2 saturated heterocycles. The van der Waals surface area contributed by atoms with E-state index in [-0.39, 0.29) is 11.9 Å². The SMILES string of the molecule is O=C(Cn1cccc(C(F)(F)F)c1=O)N1CCN(C2CCN(c3ccccc3)C2=O)CC1. The normalized spacial score (nSPS) is 20.1. The van der Waals surface area contributed by atoms with Crippen molar-refractivity contribution >= 4 is 17.5 Å². The van der Waals surface area contributed by atoms with Crippen molar-refractivity contribution in [1.82, 2.24) is 14.4 Å². The molecule has 10 heteroatoms. The lowest BCUT2D eigenvalue weighted by atomic mass is 10.1. The van der Waals surface area contributed by atoms with Crippen LogP contribution in [0.3, 0.4) is 0 Å². The fourth-order valence-electron chi connectivity index (χ4n) is 4.27. The third-order valence-corrected chi connectivity index (χ3v) is 5.98. The summed E-state index contributed by atoms with van der Waals surface area (Å²) in [6, 6.07) is 11.0. The van der Waals surface area contributed by atoms with E-state index >= 15 is 0 Å². The smallest absolute Gasteiger partial charge is 0.339 e. The Morgan fingerprint density at radius 2 is 1.62 bits per heavy atom. The highest BCUT2D eigenvalue weighted by atomic mass is 19.4. The van der Waals surface area contributed by atoms with Crippen LogP contribution in [0.1, 0.15) is 12.0 Å². The summed E-state index contributed by atoms with van der Waals surface area (Å²) in [4.78, 5) is 42.9. The van der Waals surface area contributed by atoms with Crippen molar-refractivity contribution < 1.29 is 22.8 Å². The first-order chi connectivity index (χ1) is 15.3. The Kier molecular flexibility index (Phi) is 6.05. The molecule has 1 aromatic carbocycles. The molecule has 7 nitrogen and oxygen atoms in total. The second-order valence-electron chi connectivity index (χ2n) is 7.90. The minimum atomic E-state index is -4.77. The van der Waals surface area contributed by atoms with Crippen LogP contribution in [0.2, 0.25) is 0 Å². The zero-order chi connectivity index (χ0) is 22.9. The summed E-state index contributed by atoms with van der Waals surface area (Å²) in [6.45, 7) is 1.85. The Labute approximate surface area is 182 Å². The molecule has 170 valence electrons. The number of carbonyl (C=O) groups excluding carboxylic acids is 2. The molecule has 2 fully saturated rings. The Hall–Kier alpha value is -3.14. The van der Waals surface area contributed by atoms with E-state index < -0.39 is 29.8 Å². The number of anilines is 1. The number of alkyl halides is 3. The van der Waals surface area contributed by atoms with Crippen molar-refractivity contribution in [1.29, 1.82) is 0 Å². The molecule has 1 aromatic heterocycles. The van der Waals surface area contributed by atoms with Crippen LogP contribution in [0.5, 0.6) is 0 Å². The maximum absolute atomic E-state index is 12.9. The van der Waals surface area contributed by atoms with Crippen LogP contribution in [0.15, 0.2) is 53.5 Å². The molecule has 0 N–H and O–H groups in total. The van der Waals surface area contributed by atoms with Crippen molar-refractivity contribution in [2.24, 2.45) is 0 Å². The third-order valence-electron chi connectivity index (χ3n) is 5.98. The summed E-state index contributed by atoms with van der Waals surface area (Å²) >= 11 is 0. The number of rotatable bonds is 4. The molecule has 0 saturated carbocycles. The number of carbonyl (C=O) groups is 2. The number of hydrogen-bond acceptors (Lipinski definition) is 4. The minimum Gasteiger partial charge on any atom is -0.339 e. The van der Waals surface area contributed by atoms with Crippen molar-refractivity contribution in [3.8, 4) is 0 Å². The number of nitrogens with zero attached hydrogens (tertiary/aromatic N) is 4. The zero-order valence-electron chi connectivity index (χ0n) is 17.3. The van der Waals surface area contributed by atoms with Gasteiger partial charge in [0, 0.05) is 44.6 Å². The van der Waals surface area contributed by atoms with E-state index in [4.69, 9.17) is 0 Å². The lowest BCUT2D eigenvalue weighted by Crippen LogP contribution is -2.54. The van der Waals surface area contributed by atoms with Gasteiger partial charge in [0.15, 0.2) is 0 Å². The van der Waals surface area contributed by atoms with E-state index in [2.05, 4.69) is 0 Å². The standard InChI is InChI=1S/C22H23F3N4O3/c23-22(24,25)17-7-4-9-28(20(17)31)15-19(30)27-13-11-26(12-14-27)18-8-10-29(21(18)32)16-5-2-1-3-6-16/h1-7,9,18H,8,10-15H2. The predicted octanol–water partition coefficient (Wildman–Crippen LogP) is 1.82. The van der Waals surface area contributed by atoms with Crippen LogP contribution < -0.4 is 10.5 Å². The zero-order valence-corrected chi connectivity index (χ0v) is 17.3. The molecule has 32 heavy (non-hydrogen) atoms. The van der Waals surface area contributed by atoms with Gasteiger partial charge in [-0.3, -0.25) is 19.3 Å². The molecule has 1 atom stereocenters. The maximum Gasteiger partial charge on any atom is 0.421 e. The maximum atomic E-state index is 12.9. The van der Waals surface area contributed by atoms with Gasteiger partial charge in [0.1, 0.15) is 12.1 Å². The molecule has 4 rings (SSSR count). The van der Waals surface area contributed by atoms with Gasteiger partial charge in [-0.1, -0.05) is 18.2 Å². The molecule has 0 aliphatic carbocycles. The number of aromatic nitrogens is 1. The quantitative estimate of drug-likeness (QED) is 0.716. The summed E-state index contributed by atoms with van der Waals surface area (Å²) in [5.74, 6) is -0.388. The van der Waals surface area contributed by atoms with Crippen LogP contribution in [0.25, 0.3) is 0 Å². The number of benzene rings is 1. The van der Waals surface area contributed by atoms with E-state index in [1.807, 2.05) is 35.2 Å². The van der Waals surface area contributed by atoms with Gasteiger partial charge < -0.3 is 14.4 Å². The summed E-state index contributed by atoms with van der Waals surface area (Å²) in [7, 11) is 0. The molecule has 2 amide bonds. The monoisotopic (exact) mass is 448 g/mol. The van der Waals surface area contributed by atoms with Gasteiger partial charge >= 0.3 is 6.18 Å². The van der Waals surface area contributed by atoms with Crippen LogP contribution in [-0.2, 0) is 22.3 Å². The number of piperazine rings is 1. The molecule has 0 radical (unpaired) electrons. The van der Waals surface area contributed by atoms with Crippen LogP contribution >= 0.6 is 0 Å². The highest BCUT2D eigenvalue weighted by Crippen LogP contribution is 2.26. The Morgan fingerprint density at radius 3 is 2.28 bits per heavy atom. The average molecular weight is 448 g/mol. The van der Waals surface area contributed by atoms with Gasteiger partial charge in [-0.15, -0.1) is 0 Å². The number of halogens is 3. The molecule has 3 heterocycles. The molecule has 0 spiro atoms. The van der Waals surface area contributed by atoms with Crippen molar-refractivity contribution in [3.63, 3.8) is 0 Å². The summed E-state index contributed by atoms with van der Waals surface area (Å²) < 4.78 is 39.6. The van der Waals surface area contributed by atoms with Crippen LogP contribution in [0.4, 0.5) is 18.9 Å². The predicted molar refractivity (Wildman–Crippen MR) is 111 cm³/mol. The number of para-hydroxylation sites is 1. The van der Waals surface area contributed by atoms with Gasteiger partial charge in [-0.05, 0) is 30.7 Å². The summed E-state index contributed by atoms with van der Waals surface area (Å²) in [5, 5.41) is 0. The topological polar surface area (TPSA) is 65.9 Å². The lowest BCUT2D eigenvalue weighted by molar-refractivity contribution is -0.140. The van der Waals surface area contributed by atoms with Gasteiger partial charge in [-0.2, -0.15) is 13.2 Å². The molecule has 2 aliphatic rings. The minimum absolute atomic E-state index is 0.0338. The van der Waals surface area contributed by atoms with E-state index in [0.717, 1.165) is 16.3 Å². The van der Waals surface area contributed by atoms with Crippen molar-refractivity contribution in [2.75, 3.05) is 37.6 Å². The van der Waals surface area contributed by atoms with E-state index in [0.29, 0.717) is 45.2 Å². The van der Waals surface area contributed by atoms with E-state index in [1.165, 1.54) is 11.1 Å². The Morgan fingerprint density at radius 1 is 0.938 bits per heavy atom. The number of pyridine rings is 1. The molecule has 1 unspecified atom stereocenters. The second kappa shape index (κ2) is 8.78. The molecular weight excluding hydrogens is 425 g/mol. The fourth-order valence-corrected chi connectivity index (χ4v) is 4.27. The molecule has 2 aromatic rings. The second-order valence-corrected chi connectivity index (χ2v) is 7.90. The van der Waals surface area contributed by atoms with Gasteiger partial charge in [0.05, 0.1) is 6.04 Å². The van der Waals surface area contributed by atoms with Crippen LogP contribution in [0, 0.1) is 0 Å². The Bertz CT molecular complexity index is 1050. The number of hydrogen-bond donors (Lipinski definition) is 0. The highest BCUT2D eigenvalue weighted by molar-refractivity contribution is 5.99.